The van der Waals surface area contributed by atoms with E-state index in [0.717, 1.165) is 19.0 Å². The smallest absolute Gasteiger partial charge is 0.0810 e. The quantitative estimate of drug-likeness (QED) is 0.785. The van der Waals surface area contributed by atoms with Gasteiger partial charge in [0.2, 0.25) is 0 Å². The highest BCUT2D eigenvalue weighted by atomic mass is 32.2. The molecule has 1 N–H and O–H groups in total. The van der Waals surface area contributed by atoms with Crippen LogP contribution in [0, 0.1) is 0 Å². The molecule has 1 aromatic rings. The zero-order valence-corrected chi connectivity index (χ0v) is 9.94. The molecule has 1 fully saturated rings. The van der Waals surface area contributed by atoms with E-state index in [2.05, 4.69) is 33.9 Å². The summed E-state index contributed by atoms with van der Waals surface area (Å²) in [6.45, 7) is 1.99. The molecule has 0 aromatic carbocycles. The van der Waals surface area contributed by atoms with Crippen molar-refractivity contribution in [2.24, 2.45) is 7.05 Å². The van der Waals surface area contributed by atoms with Crippen molar-refractivity contribution >= 4 is 11.8 Å². The molecule has 1 saturated heterocycles. The summed E-state index contributed by atoms with van der Waals surface area (Å²) in [5, 5.41) is 8.01. The summed E-state index contributed by atoms with van der Waals surface area (Å²) in [6.07, 6.45) is 2.66. The minimum absolute atomic E-state index is 0.757. The lowest BCUT2D eigenvalue weighted by Crippen LogP contribution is -2.15. The average Bonchev–Trinajstić information content (AvgIpc) is 2.78. The van der Waals surface area contributed by atoms with Crippen molar-refractivity contribution in [2.75, 3.05) is 11.5 Å². The van der Waals surface area contributed by atoms with Crippen LogP contribution in [0.25, 0.3) is 0 Å². The molecule has 82 valence electrons. The zero-order chi connectivity index (χ0) is 10.3. The number of nitrogens with zero attached hydrogens (tertiary/aromatic N) is 2. The van der Waals surface area contributed by atoms with Gasteiger partial charge in [-0.25, -0.2) is 0 Å². The molecule has 0 amide bonds. The molecule has 0 radical (unpaired) electrons. The van der Waals surface area contributed by atoms with Gasteiger partial charge < -0.3 is 5.32 Å². The van der Waals surface area contributed by atoms with E-state index < -0.39 is 0 Å². The summed E-state index contributed by atoms with van der Waals surface area (Å²) in [4.78, 5) is 0. The van der Waals surface area contributed by atoms with Crippen molar-refractivity contribution < 1.29 is 0 Å². The topological polar surface area (TPSA) is 29.9 Å². The van der Waals surface area contributed by atoms with Crippen molar-refractivity contribution in [1.82, 2.24) is 15.1 Å². The van der Waals surface area contributed by atoms with Crippen molar-refractivity contribution in [3.8, 4) is 0 Å². The molecule has 2 aliphatic rings. The lowest BCUT2D eigenvalue weighted by molar-refractivity contribution is 0.555. The van der Waals surface area contributed by atoms with Crippen molar-refractivity contribution in [1.29, 1.82) is 0 Å². The molecule has 4 heteroatoms. The van der Waals surface area contributed by atoms with Gasteiger partial charge >= 0.3 is 0 Å². The van der Waals surface area contributed by atoms with E-state index in [1.165, 1.54) is 41.3 Å². The maximum absolute atomic E-state index is 4.61. The van der Waals surface area contributed by atoms with Crippen LogP contribution in [0.1, 0.15) is 35.7 Å². The lowest BCUT2D eigenvalue weighted by atomic mass is 9.95. The second-order valence-corrected chi connectivity index (χ2v) is 5.65. The molecular formula is C11H17N3S. The summed E-state index contributed by atoms with van der Waals surface area (Å²) < 4.78 is 2.13. The number of aryl methyl sites for hydroxylation is 1. The van der Waals surface area contributed by atoms with Crippen LogP contribution < -0.4 is 5.32 Å². The number of fused-ring (bicyclic) bond motifs is 1. The predicted octanol–water partition coefficient (Wildman–Crippen LogP) is 1.63. The maximum atomic E-state index is 4.61. The van der Waals surface area contributed by atoms with Gasteiger partial charge in [-0.15, -0.1) is 0 Å². The molecular weight excluding hydrogens is 206 g/mol. The third kappa shape index (κ3) is 1.60. The van der Waals surface area contributed by atoms with E-state index >= 15 is 0 Å². The molecule has 2 aliphatic heterocycles. The van der Waals surface area contributed by atoms with Crippen LogP contribution >= 0.6 is 11.8 Å². The maximum Gasteiger partial charge on any atom is 0.0810 e. The SMILES string of the molecule is Cn1nc2c(c1C1CCSCC1)CNC2. The van der Waals surface area contributed by atoms with E-state index in [0.29, 0.717) is 0 Å². The molecule has 0 unspecified atom stereocenters. The largest absolute Gasteiger partial charge is 0.307 e. The van der Waals surface area contributed by atoms with Gasteiger partial charge in [0.1, 0.15) is 0 Å². The Bertz CT molecular complexity index is 366. The van der Waals surface area contributed by atoms with Gasteiger partial charge in [0, 0.05) is 37.3 Å². The second-order valence-electron chi connectivity index (χ2n) is 4.42. The molecule has 0 atom stereocenters. The Morgan fingerprint density at radius 3 is 2.93 bits per heavy atom. The molecule has 15 heavy (non-hydrogen) atoms. The highest BCUT2D eigenvalue weighted by Crippen LogP contribution is 2.35. The van der Waals surface area contributed by atoms with Crippen molar-refractivity contribution in [3.05, 3.63) is 17.0 Å². The molecule has 3 heterocycles. The summed E-state index contributed by atoms with van der Waals surface area (Å²) >= 11 is 2.09. The van der Waals surface area contributed by atoms with Gasteiger partial charge in [-0.3, -0.25) is 4.68 Å². The first-order valence-electron chi connectivity index (χ1n) is 5.69. The van der Waals surface area contributed by atoms with Gasteiger partial charge in [-0.05, 0) is 24.3 Å². The number of rotatable bonds is 1. The fourth-order valence-corrected chi connectivity index (χ4v) is 3.87. The van der Waals surface area contributed by atoms with Gasteiger partial charge in [0.25, 0.3) is 0 Å². The fraction of sp³-hybridized carbons (Fsp3) is 0.727. The molecule has 3 rings (SSSR count). The van der Waals surface area contributed by atoms with E-state index in [1.54, 1.807) is 0 Å². The monoisotopic (exact) mass is 223 g/mol. The van der Waals surface area contributed by atoms with Gasteiger partial charge in [0.05, 0.1) is 5.69 Å². The van der Waals surface area contributed by atoms with Crippen LogP contribution in [0.3, 0.4) is 0 Å². The first-order chi connectivity index (χ1) is 7.36. The Morgan fingerprint density at radius 2 is 2.13 bits per heavy atom. The van der Waals surface area contributed by atoms with Gasteiger partial charge in [0.15, 0.2) is 0 Å². The first kappa shape index (κ1) is 9.73. The Morgan fingerprint density at radius 1 is 1.33 bits per heavy atom. The summed E-state index contributed by atoms with van der Waals surface area (Å²) in [6, 6.07) is 0. The zero-order valence-electron chi connectivity index (χ0n) is 9.12. The lowest BCUT2D eigenvalue weighted by Gasteiger charge is -2.22. The van der Waals surface area contributed by atoms with Gasteiger partial charge in [-0.2, -0.15) is 16.9 Å². The number of hydrogen-bond acceptors (Lipinski definition) is 3. The summed E-state index contributed by atoms with van der Waals surface area (Å²) in [5.74, 6) is 3.39. The van der Waals surface area contributed by atoms with Gasteiger partial charge in [-0.1, -0.05) is 0 Å². The third-order valence-electron chi connectivity index (χ3n) is 3.48. The molecule has 0 spiro atoms. The second kappa shape index (κ2) is 3.83. The highest BCUT2D eigenvalue weighted by Gasteiger charge is 2.27. The average molecular weight is 223 g/mol. The van der Waals surface area contributed by atoms with E-state index in [-0.39, 0.29) is 0 Å². The fourth-order valence-electron chi connectivity index (χ4n) is 2.76. The molecule has 0 aliphatic carbocycles. The van der Waals surface area contributed by atoms with Crippen molar-refractivity contribution in [3.63, 3.8) is 0 Å². The van der Waals surface area contributed by atoms with Crippen molar-refractivity contribution in [2.45, 2.75) is 31.8 Å². The Kier molecular flexibility index (Phi) is 2.48. The number of aromatic nitrogens is 2. The number of hydrogen-bond donors (Lipinski definition) is 1. The van der Waals surface area contributed by atoms with E-state index in [9.17, 15) is 0 Å². The number of nitrogens with one attached hydrogen (secondary N) is 1. The van der Waals surface area contributed by atoms with Crippen LogP contribution in [0.4, 0.5) is 0 Å². The van der Waals surface area contributed by atoms with Crippen LogP contribution in [0.15, 0.2) is 0 Å². The predicted molar refractivity (Wildman–Crippen MR) is 63.1 cm³/mol. The van der Waals surface area contributed by atoms with Crippen LogP contribution in [0.2, 0.25) is 0 Å². The molecule has 0 saturated carbocycles. The molecule has 3 nitrogen and oxygen atoms in total. The molecule has 0 bridgehead atoms. The first-order valence-corrected chi connectivity index (χ1v) is 6.85. The molecule has 1 aromatic heterocycles. The van der Waals surface area contributed by atoms with Crippen LogP contribution in [-0.4, -0.2) is 21.3 Å². The minimum atomic E-state index is 0.757. The van der Waals surface area contributed by atoms with E-state index in [1.807, 2.05) is 0 Å². The van der Waals surface area contributed by atoms with Crippen LogP contribution in [-0.2, 0) is 20.1 Å². The summed E-state index contributed by atoms with van der Waals surface area (Å²) in [7, 11) is 2.11. The standard InChI is InChI=1S/C11H17N3S/c1-14-11(8-2-4-15-5-3-8)9-6-12-7-10(9)13-14/h8,12H,2-7H2,1H3. The minimum Gasteiger partial charge on any atom is -0.307 e. The van der Waals surface area contributed by atoms with Crippen LogP contribution in [0.5, 0.6) is 0 Å². The normalized spacial score (nSPS) is 21.9. The third-order valence-corrected chi connectivity index (χ3v) is 4.53. The summed E-state index contributed by atoms with van der Waals surface area (Å²) in [5.41, 5.74) is 4.29. The Hall–Kier alpha value is -0.480. The highest BCUT2D eigenvalue weighted by molar-refractivity contribution is 7.99. The van der Waals surface area contributed by atoms with E-state index in [4.69, 9.17) is 0 Å². The number of thioether (sulfide) groups is 1. The Labute approximate surface area is 94.6 Å². The Balaban J connectivity index is 1.95.